The predicted octanol–water partition coefficient (Wildman–Crippen LogP) is 1.43. The number of carbonyl (C=O) groups is 4. The van der Waals surface area contributed by atoms with E-state index in [0.29, 0.717) is 18.7 Å². The summed E-state index contributed by atoms with van der Waals surface area (Å²) in [4.78, 5) is 50.1. The highest BCUT2D eigenvalue weighted by Gasteiger charge is 2.34. The lowest BCUT2D eigenvalue weighted by Gasteiger charge is -2.28. The van der Waals surface area contributed by atoms with Gasteiger partial charge < -0.3 is 35.9 Å². The second-order valence-electron chi connectivity index (χ2n) is 8.92. The van der Waals surface area contributed by atoms with E-state index < -0.39 is 23.4 Å². The number of ether oxygens (including phenoxy) is 1. The van der Waals surface area contributed by atoms with Crippen molar-refractivity contribution < 1.29 is 34.1 Å². The van der Waals surface area contributed by atoms with Gasteiger partial charge >= 0.3 is 5.97 Å². The topological polar surface area (TPSA) is 170 Å². The number of aliphatic hydroxyl groups excluding tert-OH is 1. The number of amides is 3. The first kappa shape index (κ1) is 29.0. The number of aromatic amines is 1. The molecule has 11 nitrogen and oxygen atoms in total. The Kier molecular flexibility index (Phi) is 11.1. The molecule has 0 aliphatic rings. The standard InChI is InChI=1S/C24H34N4O7S/c1-15(29)35-14-24(2,3)21(32)22(33)26-9-7-20(31)25-10-11-36-23(34)27-8-6-16-13-28-19-5-4-17(30)12-18(16)19/h4-5,12-13,21,28,30,32H,6-11,14H2,1-3H3,(H,25,31)(H,26,33)(H,27,34)/t21-/m0/s1. The van der Waals surface area contributed by atoms with Crippen molar-refractivity contribution >= 4 is 45.7 Å². The Bertz CT molecular complexity index is 1070. The molecule has 0 aliphatic heterocycles. The molecule has 6 N–H and O–H groups in total. The van der Waals surface area contributed by atoms with Crippen molar-refractivity contribution in [2.45, 2.75) is 39.7 Å². The first-order chi connectivity index (χ1) is 17.0. The van der Waals surface area contributed by atoms with E-state index in [0.717, 1.165) is 28.2 Å². The van der Waals surface area contributed by atoms with E-state index in [1.54, 1.807) is 32.0 Å². The van der Waals surface area contributed by atoms with Gasteiger partial charge in [-0.1, -0.05) is 25.6 Å². The number of thioether (sulfide) groups is 1. The van der Waals surface area contributed by atoms with Crippen LogP contribution in [0, 0.1) is 5.41 Å². The Labute approximate surface area is 213 Å². The van der Waals surface area contributed by atoms with Gasteiger partial charge in [-0.2, -0.15) is 0 Å². The van der Waals surface area contributed by atoms with Crippen LogP contribution in [-0.2, 0) is 25.5 Å². The Hall–Kier alpha value is -3.25. The van der Waals surface area contributed by atoms with Gasteiger partial charge in [0.15, 0.2) is 0 Å². The van der Waals surface area contributed by atoms with E-state index in [1.807, 2.05) is 6.20 Å². The van der Waals surface area contributed by atoms with Gasteiger partial charge in [-0.05, 0) is 30.2 Å². The van der Waals surface area contributed by atoms with Gasteiger partial charge in [0, 0.05) is 61.2 Å². The van der Waals surface area contributed by atoms with Crippen molar-refractivity contribution in [1.82, 2.24) is 20.9 Å². The van der Waals surface area contributed by atoms with E-state index in [-0.39, 0.29) is 43.0 Å². The molecule has 0 saturated heterocycles. The number of benzene rings is 1. The van der Waals surface area contributed by atoms with Crippen molar-refractivity contribution in [2.75, 3.05) is 32.0 Å². The second-order valence-corrected chi connectivity index (χ2v) is 9.99. The number of aromatic nitrogens is 1. The number of H-pyrrole nitrogens is 1. The van der Waals surface area contributed by atoms with Gasteiger partial charge in [0.05, 0.1) is 6.61 Å². The normalized spacial score (nSPS) is 12.1. The van der Waals surface area contributed by atoms with Crippen LogP contribution in [0.5, 0.6) is 5.75 Å². The fourth-order valence-electron chi connectivity index (χ4n) is 3.26. The Morgan fingerprint density at radius 1 is 1.11 bits per heavy atom. The third-order valence-corrected chi connectivity index (χ3v) is 6.17. The number of phenols is 1. The molecule has 0 fully saturated rings. The number of carbonyl (C=O) groups excluding carboxylic acids is 4. The Morgan fingerprint density at radius 2 is 1.86 bits per heavy atom. The van der Waals surface area contributed by atoms with Crippen molar-refractivity contribution in [2.24, 2.45) is 5.41 Å². The molecular formula is C24H34N4O7S. The van der Waals surface area contributed by atoms with E-state index in [4.69, 9.17) is 4.74 Å². The molecule has 1 aromatic carbocycles. The highest BCUT2D eigenvalue weighted by Crippen LogP contribution is 2.23. The minimum atomic E-state index is -1.40. The number of aliphatic hydroxyl groups is 1. The van der Waals surface area contributed by atoms with Crippen LogP contribution in [0.2, 0.25) is 0 Å². The zero-order valence-corrected chi connectivity index (χ0v) is 21.5. The minimum absolute atomic E-state index is 0.0138. The molecule has 2 rings (SSSR count). The summed E-state index contributed by atoms with van der Waals surface area (Å²) < 4.78 is 4.87. The average Bonchev–Trinajstić information content (AvgIpc) is 3.22. The van der Waals surface area contributed by atoms with Crippen LogP contribution in [0.1, 0.15) is 32.8 Å². The smallest absolute Gasteiger partial charge is 0.302 e. The summed E-state index contributed by atoms with van der Waals surface area (Å²) >= 11 is 1.05. The van der Waals surface area contributed by atoms with E-state index in [2.05, 4.69) is 20.9 Å². The van der Waals surface area contributed by atoms with Gasteiger partial charge in [0.25, 0.3) is 5.24 Å². The molecule has 198 valence electrons. The summed E-state index contributed by atoms with van der Waals surface area (Å²) in [6, 6.07) is 5.08. The summed E-state index contributed by atoms with van der Waals surface area (Å²) in [5, 5.41) is 28.5. The van der Waals surface area contributed by atoms with E-state index >= 15 is 0 Å². The Balaban J connectivity index is 1.56. The number of fused-ring (bicyclic) bond motifs is 1. The van der Waals surface area contributed by atoms with Crippen molar-refractivity contribution in [1.29, 1.82) is 0 Å². The average molecular weight is 523 g/mol. The summed E-state index contributed by atoms with van der Waals surface area (Å²) in [7, 11) is 0. The van der Waals surface area contributed by atoms with E-state index in [9.17, 15) is 29.4 Å². The first-order valence-corrected chi connectivity index (χ1v) is 12.5. The SMILES string of the molecule is CC(=O)OCC(C)(C)[C@@H](O)C(=O)NCCC(=O)NCCSC(=O)NCCc1c[nH]c2ccc(O)cc12. The zero-order valence-electron chi connectivity index (χ0n) is 20.7. The van der Waals surface area contributed by atoms with Crippen LogP contribution >= 0.6 is 11.8 Å². The molecule has 1 aromatic heterocycles. The zero-order chi connectivity index (χ0) is 26.7. The lowest BCUT2D eigenvalue weighted by Crippen LogP contribution is -2.46. The molecule has 0 unspecified atom stereocenters. The number of hydrogen-bond acceptors (Lipinski definition) is 8. The van der Waals surface area contributed by atoms with Crippen LogP contribution < -0.4 is 16.0 Å². The lowest BCUT2D eigenvalue weighted by atomic mass is 9.87. The Morgan fingerprint density at radius 3 is 2.58 bits per heavy atom. The molecule has 2 aromatic rings. The van der Waals surface area contributed by atoms with Crippen molar-refractivity contribution in [3.8, 4) is 5.75 Å². The summed E-state index contributed by atoms with van der Waals surface area (Å²) in [6.07, 6.45) is 1.07. The van der Waals surface area contributed by atoms with Crippen LogP contribution in [0.15, 0.2) is 24.4 Å². The third kappa shape index (κ3) is 9.42. The molecule has 0 spiro atoms. The number of nitrogens with one attached hydrogen (secondary N) is 4. The van der Waals surface area contributed by atoms with Gasteiger partial charge in [-0.15, -0.1) is 0 Å². The molecule has 12 heteroatoms. The maximum absolute atomic E-state index is 12.1. The fraction of sp³-hybridized carbons (Fsp3) is 0.500. The molecule has 3 amide bonds. The number of phenolic OH excluding ortho intramolecular Hbond substituents is 1. The third-order valence-electron chi connectivity index (χ3n) is 5.36. The summed E-state index contributed by atoms with van der Waals surface area (Å²) in [6.45, 7) is 5.06. The van der Waals surface area contributed by atoms with Crippen LogP contribution in [0.25, 0.3) is 10.9 Å². The monoisotopic (exact) mass is 522 g/mol. The highest BCUT2D eigenvalue weighted by atomic mass is 32.2. The molecule has 0 saturated carbocycles. The number of hydrogen-bond donors (Lipinski definition) is 6. The van der Waals surface area contributed by atoms with Crippen LogP contribution in [0.4, 0.5) is 4.79 Å². The number of rotatable bonds is 13. The summed E-state index contributed by atoms with van der Waals surface area (Å²) in [5.74, 6) is -0.891. The predicted molar refractivity (Wildman–Crippen MR) is 137 cm³/mol. The van der Waals surface area contributed by atoms with Crippen molar-refractivity contribution in [3.63, 3.8) is 0 Å². The van der Waals surface area contributed by atoms with Crippen LogP contribution in [0.3, 0.4) is 0 Å². The highest BCUT2D eigenvalue weighted by molar-refractivity contribution is 8.13. The molecule has 1 heterocycles. The van der Waals surface area contributed by atoms with Crippen molar-refractivity contribution in [3.05, 3.63) is 30.0 Å². The van der Waals surface area contributed by atoms with E-state index in [1.165, 1.54) is 6.92 Å². The van der Waals surface area contributed by atoms with Gasteiger partial charge in [-0.3, -0.25) is 19.2 Å². The number of aromatic hydroxyl groups is 1. The number of esters is 1. The van der Waals surface area contributed by atoms with Gasteiger partial charge in [0.2, 0.25) is 11.8 Å². The molecule has 36 heavy (non-hydrogen) atoms. The fourth-order valence-corrected chi connectivity index (χ4v) is 3.86. The maximum atomic E-state index is 12.1. The van der Waals surface area contributed by atoms with Crippen LogP contribution in [-0.4, -0.2) is 76.3 Å². The maximum Gasteiger partial charge on any atom is 0.302 e. The lowest BCUT2D eigenvalue weighted by molar-refractivity contribution is -0.151. The largest absolute Gasteiger partial charge is 0.508 e. The van der Waals surface area contributed by atoms with Gasteiger partial charge in [-0.25, -0.2) is 0 Å². The van der Waals surface area contributed by atoms with Gasteiger partial charge in [0.1, 0.15) is 11.9 Å². The molecule has 0 radical (unpaired) electrons. The molecule has 0 aliphatic carbocycles. The first-order valence-electron chi connectivity index (χ1n) is 11.5. The summed E-state index contributed by atoms with van der Waals surface area (Å²) in [5.41, 5.74) is 0.929. The molecule has 1 atom stereocenters. The molecular weight excluding hydrogens is 488 g/mol. The second kappa shape index (κ2) is 13.7. The quantitative estimate of drug-likeness (QED) is 0.169. The molecule has 0 bridgehead atoms. The minimum Gasteiger partial charge on any atom is -0.508 e.